The summed E-state index contributed by atoms with van der Waals surface area (Å²) >= 11 is 4.02. The Bertz CT molecular complexity index is 381. The second kappa shape index (κ2) is 7.65. The molecule has 0 aliphatic heterocycles. The molecule has 0 atom stereocenters. The molecule has 0 unspecified atom stereocenters. The van der Waals surface area contributed by atoms with E-state index < -0.39 is 0 Å². The van der Waals surface area contributed by atoms with Crippen LogP contribution in [-0.2, 0) is 12.3 Å². The molecule has 1 aliphatic rings. The van der Waals surface area contributed by atoms with Crippen molar-refractivity contribution in [3.05, 3.63) is 15.6 Å². The third-order valence-corrected chi connectivity index (χ3v) is 6.24. The molecule has 2 rings (SSSR count). The topological polar surface area (TPSA) is 24.9 Å². The lowest BCUT2D eigenvalue weighted by molar-refractivity contribution is 0.554. The molecule has 0 spiro atoms. The van der Waals surface area contributed by atoms with Crippen LogP contribution >= 0.6 is 23.1 Å². The second-order valence-electron chi connectivity index (χ2n) is 5.86. The number of nitrogens with zero attached hydrogens (tertiary/aromatic N) is 1. The van der Waals surface area contributed by atoms with Gasteiger partial charge in [0.05, 0.1) is 5.69 Å². The molecule has 108 valence electrons. The van der Waals surface area contributed by atoms with Crippen LogP contribution in [0.5, 0.6) is 0 Å². The van der Waals surface area contributed by atoms with Crippen LogP contribution in [0.25, 0.3) is 0 Å². The number of thiazole rings is 1. The molecule has 1 N–H and O–H groups in total. The van der Waals surface area contributed by atoms with E-state index in [-0.39, 0.29) is 0 Å². The van der Waals surface area contributed by atoms with Crippen LogP contribution in [0.1, 0.15) is 55.1 Å². The van der Waals surface area contributed by atoms with Crippen molar-refractivity contribution < 1.29 is 0 Å². The zero-order chi connectivity index (χ0) is 13.7. The highest BCUT2D eigenvalue weighted by Crippen LogP contribution is 2.32. The maximum absolute atomic E-state index is 4.73. The van der Waals surface area contributed by atoms with Crippen molar-refractivity contribution in [1.82, 2.24) is 10.3 Å². The Kier molecular flexibility index (Phi) is 6.17. The van der Waals surface area contributed by atoms with Crippen LogP contribution < -0.4 is 5.32 Å². The summed E-state index contributed by atoms with van der Waals surface area (Å²) < 4.78 is 0. The van der Waals surface area contributed by atoms with Crippen molar-refractivity contribution in [1.29, 1.82) is 0 Å². The van der Waals surface area contributed by atoms with E-state index in [2.05, 4.69) is 37.8 Å². The third-order valence-electron chi connectivity index (χ3n) is 3.52. The van der Waals surface area contributed by atoms with Crippen molar-refractivity contribution in [3.63, 3.8) is 0 Å². The van der Waals surface area contributed by atoms with E-state index in [4.69, 9.17) is 4.98 Å². The minimum Gasteiger partial charge on any atom is -0.312 e. The van der Waals surface area contributed by atoms with Gasteiger partial charge < -0.3 is 5.32 Å². The van der Waals surface area contributed by atoms with Gasteiger partial charge in [0.2, 0.25) is 0 Å². The minimum atomic E-state index is 0.714. The van der Waals surface area contributed by atoms with Crippen molar-refractivity contribution in [2.75, 3.05) is 6.54 Å². The van der Waals surface area contributed by atoms with Gasteiger partial charge in [-0.05, 0) is 32.2 Å². The van der Waals surface area contributed by atoms with Gasteiger partial charge in [0.1, 0.15) is 5.01 Å². The Morgan fingerprint density at radius 2 is 2.11 bits per heavy atom. The zero-order valence-corrected chi connectivity index (χ0v) is 14.0. The Morgan fingerprint density at radius 1 is 1.37 bits per heavy atom. The highest BCUT2D eigenvalue weighted by atomic mass is 32.2. The lowest BCUT2D eigenvalue weighted by atomic mass is 10.2. The number of nitrogens with one attached hydrogen (secondary N) is 1. The van der Waals surface area contributed by atoms with Crippen LogP contribution in [0.4, 0.5) is 0 Å². The van der Waals surface area contributed by atoms with Crippen LogP contribution in [0, 0.1) is 12.8 Å². The highest BCUT2D eigenvalue weighted by molar-refractivity contribution is 7.99. The summed E-state index contributed by atoms with van der Waals surface area (Å²) in [6.07, 6.45) is 5.69. The van der Waals surface area contributed by atoms with Crippen LogP contribution in [-0.4, -0.2) is 16.8 Å². The fourth-order valence-corrected chi connectivity index (χ4v) is 4.82. The third kappa shape index (κ3) is 5.09. The maximum atomic E-state index is 4.73. The number of aromatic nitrogens is 1. The quantitative estimate of drug-likeness (QED) is 0.809. The van der Waals surface area contributed by atoms with Gasteiger partial charge in [0, 0.05) is 22.4 Å². The summed E-state index contributed by atoms with van der Waals surface area (Å²) in [7, 11) is 0. The van der Waals surface area contributed by atoms with Gasteiger partial charge in [0.25, 0.3) is 0 Å². The number of rotatable bonds is 7. The molecule has 1 aliphatic carbocycles. The minimum absolute atomic E-state index is 0.714. The summed E-state index contributed by atoms with van der Waals surface area (Å²) in [5, 5.41) is 5.73. The fourth-order valence-electron chi connectivity index (χ4n) is 2.43. The normalized spacial score (nSPS) is 16.6. The van der Waals surface area contributed by atoms with Gasteiger partial charge in [-0.25, -0.2) is 4.98 Å². The first-order valence-electron chi connectivity index (χ1n) is 7.42. The van der Waals surface area contributed by atoms with Gasteiger partial charge in [-0.15, -0.1) is 11.3 Å². The van der Waals surface area contributed by atoms with Crippen molar-refractivity contribution in [3.8, 4) is 0 Å². The molecule has 2 nitrogen and oxygen atoms in total. The van der Waals surface area contributed by atoms with Crippen molar-refractivity contribution >= 4 is 23.1 Å². The first-order chi connectivity index (χ1) is 9.15. The average molecular weight is 299 g/mol. The van der Waals surface area contributed by atoms with Crippen molar-refractivity contribution in [2.45, 2.75) is 64.0 Å². The number of thioether (sulfide) groups is 1. The lowest BCUT2D eigenvalue weighted by Crippen LogP contribution is -2.18. The summed E-state index contributed by atoms with van der Waals surface area (Å²) in [4.78, 5) is 6.15. The van der Waals surface area contributed by atoms with Crippen LogP contribution in [0.2, 0.25) is 0 Å². The van der Waals surface area contributed by atoms with Crippen LogP contribution in [0.3, 0.4) is 0 Å². The van der Waals surface area contributed by atoms with Gasteiger partial charge in [-0.3, -0.25) is 0 Å². The van der Waals surface area contributed by atoms with E-state index in [1.165, 1.54) is 41.3 Å². The zero-order valence-electron chi connectivity index (χ0n) is 12.4. The molecule has 4 heteroatoms. The average Bonchev–Trinajstić information content (AvgIpc) is 2.97. The SMILES string of the molecule is Cc1nc(CSC2CCCC2)sc1CNCC(C)C. The molecular formula is C15H26N2S2. The number of hydrogen-bond donors (Lipinski definition) is 1. The first-order valence-corrected chi connectivity index (χ1v) is 9.29. The van der Waals surface area contributed by atoms with E-state index in [1.807, 2.05) is 11.3 Å². The smallest absolute Gasteiger partial charge is 0.103 e. The molecule has 0 amide bonds. The fraction of sp³-hybridized carbons (Fsp3) is 0.800. The highest BCUT2D eigenvalue weighted by Gasteiger charge is 2.16. The number of hydrogen-bond acceptors (Lipinski definition) is 4. The predicted octanol–water partition coefficient (Wildman–Crippen LogP) is 4.37. The Morgan fingerprint density at radius 3 is 2.79 bits per heavy atom. The summed E-state index contributed by atoms with van der Waals surface area (Å²) in [6, 6.07) is 0. The number of aryl methyl sites for hydroxylation is 1. The molecule has 1 aromatic heterocycles. The second-order valence-corrected chi connectivity index (χ2v) is 8.32. The largest absolute Gasteiger partial charge is 0.312 e. The Hall–Kier alpha value is -0.0600. The van der Waals surface area contributed by atoms with Gasteiger partial charge in [0.15, 0.2) is 0 Å². The Labute approximate surface area is 125 Å². The molecule has 0 saturated heterocycles. The Balaban J connectivity index is 1.78. The van der Waals surface area contributed by atoms with Crippen molar-refractivity contribution in [2.24, 2.45) is 5.92 Å². The molecule has 0 radical (unpaired) electrons. The summed E-state index contributed by atoms with van der Waals surface area (Å²) in [5.74, 6) is 1.82. The van der Waals surface area contributed by atoms with E-state index in [1.54, 1.807) is 0 Å². The molecule has 19 heavy (non-hydrogen) atoms. The predicted molar refractivity (Wildman–Crippen MR) is 86.9 cm³/mol. The van der Waals surface area contributed by atoms with E-state index in [0.717, 1.165) is 24.1 Å². The molecule has 1 saturated carbocycles. The first kappa shape index (κ1) is 15.3. The summed E-state index contributed by atoms with van der Waals surface area (Å²) in [5.41, 5.74) is 1.23. The van der Waals surface area contributed by atoms with E-state index >= 15 is 0 Å². The molecular weight excluding hydrogens is 272 g/mol. The molecule has 1 heterocycles. The lowest BCUT2D eigenvalue weighted by Gasteiger charge is -2.06. The molecule has 0 aromatic carbocycles. The van der Waals surface area contributed by atoms with Crippen LogP contribution in [0.15, 0.2) is 0 Å². The molecule has 0 bridgehead atoms. The van der Waals surface area contributed by atoms with Gasteiger partial charge in [-0.2, -0.15) is 11.8 Å². The monoisotopic (exact) mass is 298 g/mol. The maximum Gasteiger partial charge on any atom is 0.103 e. The van der Waals surface area contributed by atoms with Gasteiger partial charge in [-0.1, -0.05) is 26.7 Å². The molecule has 1 fully saturated rings. The van der Waals surface area contributed by atoms with E-state index in [0.29, 0.717) is 5.92 Å². The standard InChI is InChI=1S/C15H26N2S2/c1-11(2)8-16-9-14-12(3)17-15(19-14)10-18-13-6-4-5-7-13/h11,13,16H,4-10H2,1-3H3. The van der Waals surface area contributed by atoms with Gasteiger partial charge >= 0.3 is 0 Å². The molecule has 1 aromatic rings. The summed E-state index contributed by atoms with van der Waals surface area (Å²) in [6.45, 7) is 8.71. The van der Waals surface area contributed by atoms with E-state index in [9.17, 15) is 0 Å².